The number of aromatic nitrogens is 3. The van der Waals surface area contributed by atoms with Crippen LogP contribution >= 0.6 is 0 Å². The SMILES string of the molecule is Cc1nc(Oc2ccccc2)cc(N2CCN(C(=O)c3ccc4noc(-c5ccccc5)c4c3)CC2)n1. The van der Waals surface area contributed by atoms with Crippen molar-refractivity contribution in [3.05, 3.63) is 96.3 Å². The number of para-hydroxylation sites is 1. The molecule has 8 nitrogen and oxygen atoms in total. The van der Waals surface area contributed by atoms with Crippen molar-refractivity contribution in [2.24, 2.45) is 0 Å². The number of fused-ring (bicyclic) bond motifs is 1. The minimum absolute atomic E-state index is 0.00581. The van der Waals surface area contributed by atoms with Crippen molar-refractivity contribution in [1.29, 1.82) is 0 Å². The first-order valence-electron chi connectivity index (χ1n) is 12.2. The summed E-state index contributed by atoms with van der Waals surface area (Å²) in [6.45, 7) is 4.36. The van der Waals surface area contributed by atoms with Crippen LogP contribution in [0.3, 0.4) is 0 Å². The molecule has 0 spiro atoms. The van der Waals surface area contributed by atoms with Gasteiger partial charge in [0.15, 0.2) is 5.76 Å². The lowest BCUT2D eigenvalue weighted by Gasteiger charge is -2.35. The fourth-order valence-corrected chi connectivity index (χ4v) is 4.54. The van der Waals surface area contributed by atoms with Gasteiger partial charge < -0.3 is 19.1 Å². The van der Waals surface area contributed by atoms with Crippen molar-refractivity contribution in [1.82, 2.24) is 20.0 Å². The molecular weight excluding hydrogens is 466 g/mol. The number of hydrogen-bond acceptors (Lipinski definition) is 7. The second kappa shape index (κ2) is 9.73. The monoisotopic (exact) mass is 491 g/mol. The van der Waals surface area contributed by atoms with Gasteiger partial charge in [-0.2, -0.15) is 4.98 Å². The quantitative estimate of drug-likeness (QED) is 0.328. The Morgan fingerprint density at radius 3 is 2.35 bits per heavy atom. The fraction of sp³-hybridized carbons (Fsp3) is 0.172. The third kappa shape index (κ3) is 4.73. The van der Waals surface area contributed by atoms with E-state index in [9.17, 15) is 4.79 Å². The molecule has 1 aliphatic heterocycles. The molecule has 3 heterocycles. The highest BCUT2D eigenvalue weighted by atomic mass is 16.5. The minimum Gasteiger partial charge on any atom is -0.439 e. The number of aryl methyl sites for hydroxylation is 1. The highest BCUT2D eigenvalue weighted by molar-refractivity contribution is 6.01. The third-order valence-electron chi connectivity index (χ3n) is 6.42. The van der Waals surface area contributed by atoms with Crippen LogP contribution < -0.4 is 9.64 Å². The van der Waals surface area contributed by atoms with Crippen LogP contribution in [0.4, 0.5) is 5.82 Å². The molecule has 8 heteroatoms. The number of ether oxygens (including phenoxy) is 1. The summed E-state index contributed by atoms with van der Waals surface area (Å²) in [5.41, 5.74) is 2.28. The molecular formula is C29H25N5O3. The van der Waals surface area contributed by atoms with Crippen molar-refractivity contribution < 1.29 is 14.1 Å². The van der Waals surface area contributed by atoms with E-state index >= 15 is 0 Å². The minimum atomic E-state index is -0.00581. The highest BCUT2D eigenvalue weighted by Crippen LogP contribution is 2.30. The maximum absolute atomic E-state index is 13.4. The molecule has 1 fully saturated rings. The van der Waals surface area contributed by atoms with Gasteiger partial charge in [0.2, 0.25) is 5.88 Å². The summed E-state index contributed by atoms with van der Waals surface area (Å²) >= 11 is 0. The second-order valence-corrected chi connectivity index (χ2v) is 8.92. The van der Waals surface area contributed by atoms with Crippen LogP contribution in [0, 0.1) is 6.92 Å². The summed E-state index contributed by atoms with van der Waals surface area (Å²) in [6, 6.07) is 26.7. The number of anilines is 1. The van der Waals surface area contributed by atoms with Crippen LogP contribution in [0.1, 0.15) is 16.2 Å². The average molecular weight is 492 g/mol. The lowest BCUT2D eigenvalue weighted by atomic mass is 10.1. The van der Waals surface area contributed by atoms with Crippen LogP contribution in [0.15, 0.2) is 89.5 Å². The van der Waals surface area contributed by atoms with Gasteiger partial charge in [-0.3, -0.25) is 4.79 Å². The van der Waals surface area contributed by atoms with Crippen molar-refractivity contribution in [2.45, 2.75) is 6.92 Å². The van der Waals surface area contributed by atoms with E-state index in [4.69, 9.17) is 9.26 Å². The third-order valence-corrected chi connectivity index (χ3v) is 6.42. The van der Waals surface area contributed by atoms with Crippen LogP contribution in [0.25, 0.3) is 22.2 Å². The van der Waals surface area contributed by atoms with Gasteiger partial charge in [-0.15, -0.1) is 0 Å². The molecule has 0 atom stereocenters. The van der Waals surface area contributed by atoms with E-state index in [-0.39, 0.29) is 5.91 Å². The van der Waals surface area contributed by atoms with E-state index in [0.717, 1.165) is 28.0 Å². The molecule has 0 unspecified atom stereocenters. The molecule has 1 saturated heterocycles. The van der Waals surface area contributed by atoms with E-state index in [1.54, 1.807) is 0 Å². The topological polar surface area (TPSA) is 84.6 Å². The smallest absolute Gasteiger partial charge is 0.254 e. The molecule has 2 aromatic heterocycles. The Balaban J connectivity index is 1.16. The summed E-state index contributed by atoms with van der Waals surface area (Å²) in [7, 11) is 0. The van der Waals surface area contributed by atoms with E-state index in [0.29, 0.717) is 49.2 Å². The van der Waals surface area contributed by atoms with Gasteiger partial charge in [0.1, 0.15) is 22.9 Å². The van der Waals surface area contributed by atoms with Crippen LogP contribution in [0.2, 0.25) is 0 Å². The molecule has 37 heavy (non-hydrogen) atoms. The van der Waals surface area contributed by atoms with Crippen molar-refractivity contribution >= 4 is 22.6 Å². The number of carbonyl (C=O) groups is 1. The molecule has 0 aliphatic carbocycles. The van der Waals surface area contributed by atoms with Gasteiger partial charge >= 0.3 is 0 Å². The van der Waals surface area contributed by atoms with Gasteiger partial charge in [-0.1, -0.05) is 53.7 Å². The van der Waals surface area contributed by atoms with E-state index < -0.39 is 0 Å². The zero-order valence-electron chi connectivity index (χ0n) is 20.4. The lowest BCUT2D eigenvalue weighted by Crippen LogP contribution is -2.49. The van der Waals surface area contributed by atoms with E-state index in [1.165, 1.54) is 0 Å². The van der Waals surface area contributed by atoms with Gasteiger partial charge in [0.05, 0.1) is 5.39 Å². The molecule has 1 aliphatic rings. The molecule has 0 saturated carbocycles. The molecule has 184 valence electrons. The predicted octanol–water partition coefficient (Wildman–Crippen LogP) is 5.35. The van der Waals surface area contributed by atoms with Gasteiger partial charge in [-0.25, -0.2) is 4.98 Å². The molecule has 6 rings (SSSR count). The summed E-state index contributed by atoms with van der Waals surface area (Å²) in [4.78, 5) is 26.4. The van der Waals surface area contributed by atoms with Crippen LogP contribution in [0.5, 0.6) is 11.6 Å². The Morgan fingerprint density at radius 2 is 1.59 bits per heavy atom. The first-order valence-corrected chi connectivity index (χ1v) is 12.2. The first kappa shape index (κ1) is 22.7. The Kier molecular flexibility index (Phi) is 5.98. The number of nitrogens with zero attached hydrogens (tertiary/aromatic N) is 5. The molecule has 5 aromatic rings. The summed E-state index contributed by atoms with van der Waals surface area (Å²) in [6.07, 6.45) is 0. The fourth-order valence-electron chi connectivity index (χ4n) is 4.54. The Labute approximate surface area is 214 Å². The Hall–Kier alpha value is -4.72. The number of benzene rings is 3. The lowest BCUT2D eigenvalue weighted by molar-refractivity contribution is 0.0746. The van der Waals surface area contributed by atoms with Gasteiger partial charge in [0, 0.05) is 43.4 Å². The summed E-state index contributed by atoms with van der Waals surface area (Å²) < 4.78 is 11.5. The maximum atomic E-state index is 13.4. The van der Waals surface area contributed by atoms with E-state index in [1.807, 2.05) is 96.8 Å². The summed E-state index contributed by atoms with van der Waals surface area (Å²) in [5, 5.41) is 4.99. The largest absolute Gasteiger partial charge is 0.439 e. The number of piperazine rings is 1. The normalized spacial score (nSPS) is 13.6. The zero-order chi connectivity index (χ0) is 25.2. The zero-order valence-corrected chi connectivity index (χ0v) is 20.4. The number of carbonyl (C=O) groups excluding carboxylic acids is 1. The van der Waals surface area contributed by atoms with E-state index in [2.05, 4.69) is 20.0 Å². The Bertz CT molecular complexity index is 1540. The maximum Gasteiger partial charge on any atom is 0.254 e. The van der Waals surface area contributed by atoms with Crippen LogP contribution in [-0.2, 0) is 0 Å². The molecule has 3 aromatic carbocycles. The van der Waals surface area contributed by atoms with Crippen LogP contribution in [-0.4, -0.2) is 52.1 Å². The molecule has 0 radical (unpaired) electrons. The summed E-state index contributed by atoms with van der Waals surface area (Å²) in [5.74, 6) is 3.32. The predicted molar refractivity (Wildman–Crippen MR) is 141 cm³/mol. The molecule has 0 bridgehead atoms. The van der Waals surface area contributed by atoms with Crippen molar-refractivity contribution in [2.75, 3.05) is 31.1 Å². The number of hydrogen-bond donors (Lipinski definition) is 0. The highest BCUT2D eigenvalue weighted by Gasteiger charge is 2.24. The van der Waals surface area contributed by atoms with Crippen molar-refractivity contribution in [3.63, 3.8) is 0 Å². The standard InChI is InChI=1S/C29H25N5O3/c1-20-30-26(19-27(31-20)36-23-10-6-3-7-11-23)33-14-16-34(17-15-33)29(35)22-12-13-25-24(18-22)28(37-32-25)21-8-4-2-5-9-21/h2-13,18-19H,14-17H2,1H3. The average Bonchev–Trinajstić information content (AvgIpc) is 3.37. The van der Waals surface area contributed by atoms with Crippen molar-refractivity contribution in [3.8, 4) is 23.0 Å². The number of amides is 1. The van der Waals surface area contributed by atoms with Gasteiger partial charge in [-0.05, 0) is 37.3 Å². The number of rotatable bonds is 5. The Morgan fingerprint density at radius 1 is 0.865 bits per heavy atom. The second-order valence-electron chi connectivity index (χ2n) is 8.92. The first-order chi connectivity index (χ1) is 18.1. The molecule has 0 N–H and O–H groups in total. The van der Waals surface area contributed by atoms with Gasteiger partial charge in [0.25, 0.3) is 5.91 Å². The molecule has 1 amide bonds.